The van der Waals surface area contributed by atoms with Gasteiger partial charge in [0.15, 0.2) is 0 Å². The van der Waals surface area contributed by atoms with Crippen LogP contribution < -0.4 is 5.56 Å². The minimum Gasteiger partial charge on any atom is -0.458 e. The summed E-state index contributed by atoms with van der Waals surface area (Å²) < 4.78 is 13.2. The summed E-state index contributed by atoms with van der Waals surface area (Å²) in [6.45, 7) is 6.73. The highest BCUT2D eigenvalue weighted by atomic mass is 79.9. The third-order valence-electron chi connectivity index (χ3n) is 5.39. The molecule has 3 rings (SSSR count). The Balaban J connectivity index is 1.50. The van der Waals surface area contributed by atoms with Gasteiger partial charge in [0.05, 0.1) is 11.1 Å². The average molecular weight is 491 g/mol. The normalized spacial score (nSPS) is 19.2. The van der Waals surface area contributed by atoms with E-state index in [2.05, 4.69) is 21.0 Å². The van der Waals surface area contributed by atoms with Crippen molar-refractivity contribution >= 4 is 21.9 Å². The Bertz CT molecular complexity index is 929. The van der Waals surface area contributed by atoms with E-state index in [1.54, 1.807) is 10.7 Å². The van der Waals surface area contributed by atoms with Crippen LogP contribution in [0.15, 0.2) is 45.7 Å². The molecule has 0 saturated heterocycles. The molecule has 0 spiro atoms. The molecule has 0 bridgehead atoms. The molecule has 2 aromatic rings. The third-order valence-corrected chi connectivity index (χ3v) is 5.99. The van der Waals surface area contributed by atoms with Crippen molar-refractivity contribution in [3.63, 3.8) is 0 Å². The zero-order valence-electron chi connectivity index (χ0n) is 18.5. The number of hydrogen-bond donors (Lipinski definition) is 0. The Kier molecular flexibility index (Phi) is 8.06. The lowest BCUT2D eigenvalue weighted by Gasteiger charge is -2.28. The second kappa shape index (κ2) is 10.6. The molecule has 6 nitrogen and oxygen atoms in total. The highest BCUT2D eigenvalue weighted by molar-refractivity contribution is 9.10. The van der Waals surface area contributed by atoms with E-state index in [9.17, 15) is 9.59 Å². The van der Waals surface area contributed by atoms with E-state index in [0.29, 0.717) is 29.5 Å². The molecule has 1 aromatic heterocycles. The highest BCUT2D eigenvalue weighted by Crippen LogP contribution is 2.30. The molecule has 0 amide bonds. The second-order valence-electron chi connectivity index (χ2n) is 9.22. The number of aromatic nitrogens is 2. The first kappa shape index (κ1) is 23.7. The molecule has 0 radical (unpaired) electrons. The smallest absolute Gasteiger partial charge is 0.332 e. The van der Waals surface area contributed by atoms with Crippen molar-refractivity contribution in [1.29, 1.82) is 0 Å². The number of benzene rings is 1. The van der Waals surface area contributed by atoms with Crippen LogP contribution in [-0.2, 0) is 20.8 Å². The lowest BCUT2D eigenvalue weighted by molar-refractivity contribution is -0.160. The topological polar surface area (TPSA) is 70.4 Å². The minimum atomic E-state index is -0.488. The fourth-order valence-electron chi connectivity index (χ4n) is 3.90. The van der Waals surface area contributed by atoms with Crippen LogP contribution in [0.4, 0.5) is 0 Å². The van der Waals surface area contributed by atoms with E-state index in [1.807, 2.05) is 51.1 Å². The molecule has 1 heterocycles. The third kappa shape index (κ3) is 7.28. The van der Waals surface area contributed by atoms with Crippen LogP contribution in [0.3, 0.4) is 0 Å². The van der Waals surface area contributed by atoms with Gasteiger partial charge < -0.3 is 9.47 Å². The van der Waals surface area contributed by atoms with Crippen molar-refractivity contribution in [2.24, 2.45) is 11.8 Å². The number of hydrogen-bond acceptors (Lipinski definition) is 5. The Morgan fingerprint density at radius 1 is 1.13 bits per heavy atom. The van der Waals surface area contributed by atoms with Gasteiger partial charge in [0, 0.05) is 18.2 Å². The van der Waals surface area contributed by atoms with E-state index in [1.165, 1.54) is 0 Å². The molecule has 168 valence electrons. The maximum Gasteiger partial charge on any atom is 0.332 e. The van der Waals surface area contributed by atoms with Crippen LogP contribution in [0, 0.1) is 11.8 Å². The molecule has 1 saturated carbocycles. The number of halogens is 1. The van der Waals surface area contributed by atoms with Gasteiger partial charge in [0.25, 0.3) is 5.56 Å². The van der Waals surface area contributed by atoms with Crippen molar-refractivity contribution in [1.82, 2.24) is 9.78 Å². The molecule has 7 heteroatoms. The highest BCUT2D eigenvalue weighted by Gasteiger charge is 2.23. The quantitative estimate of drug-likeness (QED) is 0.519. The van der Waals surface area contributed by atoms with Crippen LogP contribution in [0.5, 0.6) is 0 Å². The molecule has 0 N–H and O–H groups in total. The zero-order chi connectivity index (χ0) is 22.4. The van der Waals surface area contributed by atoms with Gasteiger partial charge in [0.2, 0.25) is 0 Å². The first-order chi connectivity index (χ1) is 14.7. The summed E-state index contributed by atoms with van der Waals surface area (Å²) in [6.07, 6.45) is 4.09. The Morgan fingerprint density at radius 2 is 1.77 bits per heavy atom. The van der Waals surface area contributed by atoms with Gasteiger partial charge in [-0.25, -0.2) is 9.48 Å². The molecule has 1 aliphatic carbocycles. The monoisotopic (exact) mass is 490 g/mol. The van der Waals surface area contributed by atoms with E-state index in [0.717, 1.165) is 36.9 Å². The second-order valence-corrected chi connectivity index (χ2v) is 10.1. The molecule has 1 aliphatic rings. The summed E-state index contributed by atoms with van der Waals surface area (Å²) >= 11 is 3.48. The number of ether oxygens (including phenoxy) is 2. The lowest BCUT2D eigenvalue weighted by Crippen LogP contribution is -2.30. The van der Waals surface area contributed by atoms with E-state index in [4.69, 9.17) is 9.47 Å². The number of rotatable bonds is 7. The molecule has 1 aromatic carbocycles. The first-order valence-corrected chi connectivity index (χ1v) is 11.6. The fourth-order valence-corrected chi connectivity index (χ4v) is 4.40. The summed E-state index contributed by atoms with van der Waals surface area (Å²) in [7, 11) is 0. The van der Waals surface area contributed by atoms with Gasteiger partial charge in [-0.15, -0.1) is 0 Å². The van der Waals surface area contributed by atoms with Gasteiger partial charge in [-0.1, -0.05) is 30.3 Å². The van der Waals surface area contributed by atoms with Crippen LogP contribution in [0.25, 0.3) is 11.3 Å². The summed E-state index contributed by atoms with van der Waals surface area (Å²) in [5.41, 5.74) is 1.19. The molecule has 0 unspecified atom stereocenters. The number of carbonyl (C=O) groups is 1. The van der Waals surface area contributed by atoms with Crippen LogP contribution in [0.2, 0.25) is 0 Å². The number of nitrogens with zero attached hydrogens (tertiary/aromatic N) is 2. The maximum absolute atomic E-state index is 12.5. The number of carbonyl (C=O) groups excluding carboxylic acids is 1. The van der Waals surface area contributed by atoms with Gasteiger partial charge in [0.1, 0.15) is 17.9 Å². The van der Waals surface area contributed by atoms with Gasteiger partial charge in [-0.3, -0.25) is 4.79 Å². The molecule has 1 fully saturated rings. The van der Waals surface area contributed by atoms with Crippen molar-refractivity contribution in [3.8, 4) is 11.3 Å². The Labute approximate surface area is 192 Å². The van der Waals surface area contributed by atoms with Gasteiger partial charge in [-0.2, -0.15) is 5.10 Å². The van der Waals surface area contributed by atoms with E-state index < -0.39 is 5.60 Å². The fraction of sp³-hybridized carbons (Fsp3) is 0.542. The zero-order valence-corrected chi connectivity index (χ0v) is 20.1. The van der Waals surface area contributed by atoms with Crippen molar-refractivity contribution in [2.75, 3.05) is 13.2 Å². The summed E-state index contributed by atoms with van der Waals surface area (Å²) in [4.78, 5) is 24.2. The van der Waals surface area contributed by atoms with Gasteiger partial charge in [-0.05, 0) is 74.2 Å². The molecular weight excluding hydrogens is 460 g/mol. The predicted molar refractivity (Wildman–Crippen MR) is 124 cm³/mol. The predicted octanol–water partition coefficient (Wildman–Crippen LogP) is 4.84. The molecular formula is C24H31BrN2O4. The van der Waals surface area contributed by atoms with Crippen LogP contribution in [0.1, 0.15) is 46.5 Å². The standard InChI is InChI=1S/C24H31BrN2O4/c1-24(2,3)31-22(29)16-30-15-18-11-9-17(10-12-18)14-27-21(28)13-20(25)23(26-27)19-7-5-4-6-8-19/h4-8,13,17-18H,9-12,14-16H2,1-3H3/t17-,18-. The van der Waals surface area contributed by atoms with Crippen LogP contribution in [-0.4, -0.2) is 34.6 Å². The van der Waals surface area contributed by atoms with Gasteiger partial charge >= 0.3 is 5.97 Å². The molecule has 0 atom stereocenters. The maximum atomic E-state index is 12.5. The average Bonchev–Trinajstić information content (AvgIpc) is 2.70. The summed E-state index contributed by atoms with van der Waals surface area (Å²) in [5.74, 6) is 0.529. The Hall–Kier alpha value is -1.99. The van der Waals surface area contributed by atoms with Crippen molar-refractivity contribution in [2.45, 2.75) is 58.6 Å². The van der Waals surface area contributed by atoms with E-state index in [-0.39, 0.29) is 18.1 Å². The Morgan fingerprint density at radius 3 is 2.42 bits per heavy atom. The van der Waals surface area contributed by atoms with Crippen LogP contribution >= 0.6 is 15.9 Å². The lowest BCUT2D eigenvalue weighted by atomic mass is 9.82. The van der Waals surface area contributed by atoms with E-state index >= 15 is 0 Å². The summed E-state index contributed by atoms with van der Waals surface area (Å²) in [5, 5.41) is 4.63. The SMILES string of the molecule is CC(C)(C)OC(=O)COC[C@H]1CC[C@H](Cn2nc(-c3ccccc3)c(Br)cc2=O)CC1. The molecule has 31 heavy (non-hydrogen) atoms. The van der Waals surface area contributed by atoms with Crippen molar-refractivity contribution in [3.05, 3.63) is 51.2 Å². The first-order valence-electron chi connectivity index (χ1n) is 10.8. The molecule has 0 aliphatic heterocycles. The van der Waals surface area contributed by atoms with Crippen molar-refractivity contribution < 1.29 is 14.3 Å². The largest absolute Gasteiger partial charge is 0.458 e. The summed E-state index contributed by atoms with van der Waals surface area (Å²) in [6, 6.07) is 11.5. The number of esters is 1. The minimum absolute atomic E-state index is 0.00231.